The van der Waals surface area contributed by atoms with E-state index in [0.29, 0.717) is 30.3 Å². The van der Waals surface area contributed by atoms with Gasteiger partial charge in [-0.15, -0.1) is 0 Å². The molecule has 1 fully saturated rings. The number of nitrogens with two attached hydrogens (primary N) is 1. The van der Waals surface area contributed by atoms with Gasteiger partial charge in [-0.1, -0.05) is 0 Å². The van der Waals surface area contributed by atoms with Gasteiger partial charge in [-0.2, -0.15) is 4.98 Å². The van der Waals surface area contributed by atoms with Crippen LogP contribution in [0.3, 0.4) is 0 Å². The molecule has 2 atom stereocenters. The molecule has 0 spiro atoms. The average Bonchev–Trinajstić information content (AvgIpc) is 2.82. The molecule has 3 heterocycles. The highest BCUT2D eigenvalue weighted by atomic mass is 16.5. The fraction of sp³-hybridized carbons (Fsp3) is 0.400. The van der Waals surface area contributed by atoms with Crippen molar-refractivity contribution in [3.05, 3.63) is 24.2 Å². The standard InChI is InChI=1S/C10H11N3O2/c11-7-5-14-4-6(7)10-13-9-8(15-10)2-1-3-12-9/h1-3,6-7H,4-5,11H2. The van der Waals surface area contributed by atoms with Crippen molar-refractivity contribution < 1.29 is 9.15 Å². The van der Waals surface area contributed by atoms with Crippen LogP contribution in [-0.4, -0.2) is 29.2 Å². The predicted octanol–water partition coefficient (Wildman–Crippen LogP) is 0.664. The first-order chi connectivity index (χ1) is 7.34. The molecule has 0 aromatic carbocycles. The zero-order valence-electron chi connectivity index (χ0n) is 8.09. The summed E-state index contributed by atoms with van der Waals surface area (Å²) in [6, 6.07) is 3.64. The van der Waals surface area contributed by atoms with E-state index in [-0.39, 0.29) is 12.0 Å². The Bertz CT molecular complexity index is 449. The molecular weight excluding hydrogens is 194 g/mol. The van der Waals surface area contributed by atoms with Gasteiger partial charge in [0.15, 0.2) is 11.2 Å². The Morgan fingerprint density at radius 1 is 1.40 bits per heavy atom. The van der Waals surface area contributed by atoms with Crippen LogP contribution in [0.5, 0.6) is 0 Å². The summed E-state index contributed by atoms with van der Waals surface area (Å²) in [5.41, 5.74) is 7.22. The van der Waals surface area contributed by atoms with E-state index < -0.39 is 0 Å². The molecular formula is C10H11N3O2. The van der Waals surface area contributed by atoms with Crippen LogP contribution >= 0.6 is 0 Å². The summed E-state index contributed by atoms with van der Waals surface area (Å²) in [7, 11) is 0. The molecule has 2 N–H and O–H groups in total. The monoisotopic (exact) mass is 205 g/mol. The van der Waals surface area contributed by atoms with Crippen LogP contribution in [0.2, 0.25) is 0 Å². The van der Waals surface area contributed by atoms with Gasteiger partial charge in [0.1, 0.15) is 0 Å². The van der Waals surface area contributed by atoms with Crippen LogP contribution in [0.4, 0.5) is 0 Å². The van der Waals surface area contributed by atoms with E-state index in [4.69, 9.17) is 14.9 Å². The molecule has 0 aliphatic carbocycles. The van der Waals surface area contributed by atoms with E-state index in [1.54, 1.807) is 6.20 Å². The van der Waals surface area contributed by atoms with Crippen molar-refractivity contribution in [2.75, 3.05) is 13.2 Å². The Labute approximate surface area is 86.3 Å². The van der Waals surface area contributed by atoms with Crippen molar-refractivity contribution in [2.24, 2.45) is 5.73 Å². The molecule has 5 heteroatoms. The van der Waals surface area contributed by atoms with E-state index in [0.717, 1.165) is 0 Å². The number of ether oxygens (including phenoxy) is 1. The number of rotatable bonds is 1. The Morgan fingerprint density at radius 3 is 3.07 bits per heavy atom. The second-order valence-corrected chi connectivity index (χ2v) is 3.69. The van der Waals surface area contributed by atoms with E-state index in [9.17, 15) is 0 Å². The van der Waals surface area contributed by atoms with Crippen molar-refractivity contribution in [1.29, 1.82) is 0 Å². The van der Waals surface area contributed by atoms with Gasteiger partial charge in [0.05, 0.1) is 19.1 Å². The molecule has 5 nitrogen and oxygen atoms in total. The maximum atomic E-state index is 5.89. The second kappa shape index (κ2) is 3.29. The smallest absolute Gasteiger partial charge is 0.204 e. The summed E-state index contributed by atoms with van der Waals surface area (Å²) in [6.45, 7) is 1.14. The largest absolute Gasteiger partial charge is 0.438 e. The Hall–Kier alpha value is -1.46. The van der Waals surface area contributed by atoms with Crippen LogP contribution in [0, 0.1) is 0 Å². The summed E-state index contributed by atoms with van der Waals surface area (Å²) < 4.78 is 10.9. The number of fused-ring (bicyclic) bond motifs is 1. The minimum atomic E-state index is -0.0296. The van der Waals surface area contributed by atoms with Gasteiger partial charge in [-0.3, -0.25) is 0 Å². The van der Waals surface area contributed by atoms with E-state index in [1.807, 2.05) is 12.1 Å². The number of aromatic nitrogens is 2. The fourth-order valence-corrected chi connectivity index (χ4v) is 1.77. The molecule has 15 heavy (non-hydrogen) atoms. The summed E-state index contributed by atoms with van der Waals surface area (Å²) >= 11 is 0. The minimum Gasteiger partial charge on any atom is -0.438 e. The molecule has 0 radical (unpaired) electrons. The predicted molar refractivity (Wildman–Crippen MR) is 53.3 cm³/mol. The molecule has 0 amide bonds. The first-order valence-corrected chi connectivity index (χ1v) is 4.89. The maximum absolute atomic E-state index is 5.89. The molecule has 2 unspecified atom stereocenters. The highest BCUT2D eigenvalue weighted by Gasteiger charge is 2.30. The van der Waals surface area contributed by atoms with Crippen molar-refractivity contribution in [1.82, 2.24) is 9.97 Å². The molecule has 2 aromatic rings. The van der Waals surface area contributed by atoms with Gasteiger partial charge in [-0.25, -0.2) is 4.98 Å². The van der Waals surface area contributed by atoms with Crippen molar-refractivity contribution >= 4 is 11.2 Å². The van der Waals surface area contributed by atoms with Gasteiger partial charge >= 0.3 is 0 Å². The third-order valence-corrected chi connectivity index (χ3v) is 2.62. The van der Waals surface area contributed by atoms with Crippen LogP contribution in [-0.2, 0) is 4.74 Å². The van der Waals surface area contributed by atoms with Gasteiger partial charge in [0, 0.05) is 12.2 Å². The highest BCUT2D eigenvalue weighted by molar-refractivity contribution is 5.67. The number of hydrogen-bond acceptors (Lipinski definition) is 5. The topological polar surface area (TPSA) is 74.2 Å². The summed E-state index contributed by atoms with van der Waals surface area (Å²) in [5.74, 6) is 0.688. The lowest BCUT2D eigenvalue weighted by Gasteiger charge is -2.06. The van der Waals surface area contributed by atoms with Gasteiger partial charge in [-0.05, 0) is 12.1 Å². The van der Waals surface area contributed by atoms with Crippen molar-refractivity contribution in [2.45, 2.75) is 12.0 Å². The average molecular weight is 205 g/mol. The Kier molecular flexibility index (Phi) is 1.93. The van der Waals surface area contributed by atoms with Crippen LogP contribution in [0.25, 0.3) is 11.2 Å². The summed E-state index contributed by atoms with van der Waals surface area (Å²) in [6.07, 6.45) is 1.69. The lowest BCUT2D eigenvalue weighted by Crippen LogP contribution is -2.26. The highest BCUT2D eigenvalue weighted by Crippen LogP contribution is 2.26. The molecule has 1 saturated heterocycles. The second-order valence-electron chi connectivity index (χ2n) is 3.69. The van der Waals surface area contributed by atoms with Crippen molar-refractivity contribution in [3.63, 3.8) is 0 Å². The van der Waals surface area contributed by atoms with E-state index >= 15 is 0 Å². The zero-order chi connectivity index (χ0) is 10.3. The van der Waals surface area contributed by atoms with Crippen LogP contribution < -0.4 is 5.73 Å². The molecule has 2 aromatic heterocycles. The fourth-order valence-electron chi connectivity index (χ4n) is 1.77. The van der Waals surface area contributed by atoms with Crippen LogP contribution in [0.1, 0.15) is 11.8 Å². The molecule has 3 rings (SSSR count). The van der Waals surface area contributed by atoms with Crippen molar-refractivity contribution in [3.8, 4) is 0 Å². The van der Waals surface area contributed by atoms with E-state index in [1.165, 1.54) is 0 Å². The molecule has 1 aliphatic rings. The number of pyridine rings is 1. The first-order valence-electron chi connectivity index (χ1n) is 4.89. The van der Waals surface area contributed by atoms with Gasteiger partial charge in [0.2, 0.25) is 5.89 Å². The first kappa shape index (κ1) is 8.82. The maximum Gasteiger partial charge on any atom is 0.204 e. The minimum absolute atomic E-state index is 0.0296. The summed E-state index contributed by atoms with van der Waals surface area (Å²) in [5, 5.41) is 0. The Morgan fingerprint density at radius 2 is 2.33 bits per heavy atom. The normalized spacial score (nSPS) is 26.2. The number of nitrogens with zero attached hydrogens (tertiary/aromatic N) is 2. The van der Waals surface area contributed by atoms with Gasteiger partial charge < -0.3 is 14.9 Å². The molecule has 0 bridgehead atoms. The lowest BCUT2D eigenvalue weighted by atomic mass is 10.1. The SMILES string of the molecule is NC1COCC1c1nc2ncccc2o1. The van der Waals surface area contributed by atoms with E-state index in [2.05, 4.69) is 9.97 Å². The molecule has 78 valence electrons. The quantitative estimate of drug-likeness (QED) is 0.740. The summed E-state index contributed by atoms with van der Waals surface area (Å²) in [4.78, 5) is 8.42. The van der Waals surface area contributed by atoms with Crippen LogP contribution in [0.15, 0.2) is 22.7 Å². The van der Waals surface area contributed by atoms with Gasteiger partial charge in [0.25, 0.3) is 0 Å². The number of hydrogen-bond donors (Lipinski definition) is 1. The third kappa shape index (κ3) is 1.40. The number of oxazole rings is 1. The Balaban J connectivity index is 2.04. The molecule has 1 aliphatic heterocycles. The third-order valence-electron chi connectivity index (χ3n) is 2.62. The zero-order valence-corrected chi connectivity index (χ0v) is 8.09. The molecule has 0 saturated carbocycles. The lowest BCUT2D eigenvalue weighted by molar-refractivity contribution is 0.188.